The van der Waals surface area contributed by atoms with Crippen LogP contribution in [0.25, 0.3) is 0 Å². The molecule has 6 heteroatoms. The lowest BCUT2D eigenvalue weighted by Crippen LogP contribution is -2.37. The summed E-state index contributed by atoms with van der Waals surface area (Å²) < 4.78 is 18.7. The predicted octanol–water partition coefficient (Wildman–Crippen LogP) is 1.46. The fourth-order valence-electron chi connectivity index (χ4n) is 2.25. The molecule has 2 rings (SSSR count). The first-order valence-corrected chi connectivity index (χ1v) is 6.73. The Morgan fingerprint density at radius 3 is 3.20 bits per heavy atom. The minimum atomic E-state index is -0.425. The number of rotatable bonds is 3. The molecule has 1 aliphatic rings. The lowest BCUT2D eigenvalue weighted by atomic mass is 10.2. The van der Waals surface area contributed by atoms with Crippen molar-refractivity contribution in [1.82, 2.24) is 4.90 Å². The number of benzene rings is 1. The van der Waals surface area contributed by atoms with E-state index < -0.39 is 5.82 Å². The van der Waals surface area contributed by atoms with Gasteiger partial charge in [0, 0.05) is 19.7 Å². The minimum absolute atomic E-state index is 0.115. The Kier molecular flexibility index (Phi) is 4.92. The maximum atomic E-state index is 13.1. The van der Waals surface area contributed by atoms with Crippen LogP contribution in [0.5, 0.6) is 0 Å². The first-order chi connectivity index (χ1) is 9.54. The van der Waals surface area contributed by atoms with Crippen molar-refractivity contribution in [3.8, 4) is 0 Å². The molecule has 1 heterocycles. The molecule has 0 saturated carbocycles. The second-order valence-electron chi connectivity index (χ2n) is 5.05. The number of carbonyl (C=O) groups is 1. The second-order valence-corrected chi connectivity index (χ2v) is 5.05. The fourth-order valence-corrected chi connectivity index (χ4v) is 2.25. The molecule has 1 fully saturated rings. The monoisotopic (exact) mass is 281 g/mol. The quantitative estimate of drug-likeness (QED) is 0.823. The van der Waals surface area contributed by atoms with E-state index in [4.69, 9.17) is 10.5 Å². The summed E-state index contributed by atoms with van der Waals surface area (Å²) in [4.78, 5) is 14.0. The Hall–Kier alpha value is -1.66. The van der Waals surface area contributed by atoms with Crippen molar-refractivity contribution in [2.24, 2.45) is 0 Å². The number of ether oxygens (including phenoxy) is 1. The third-order valence-corrected chi connectivity index (χ3v) is 3.19. The van der Waals surface area contributed by atoms with Gasteiger partial charge in [0.05, 0.1) is 24.0 Å². The van der Waals surface area contributed by atoms with Crippen LogP contribution in [-0.4, -0.2) is 43.2 Å². The molecule has 1 unspecified atom stereocenters. The van der Waals surface area contributed by atoms with E-state index in [9.17, 15) is 9.18 Å². The van der Waals surface area contributed by atoms with Crippen molar-refractivity contribution in [2.45, 2.75) is 19.4 Å². The molecule has 20 heavy (non-hydrogen) atoms. The van der Waals surface area contributed by atoms with Crippen LogP contribution in [0.3, 0.4) is 0 Å². The molecule has 110 valence electrons. The van der Waals surface area contributed by atoms with Crippen molar-refractivity contribution in [3.63, 3.8) is 0 Å². The van der Waals surface area contributed by atoms with E-state index in [-0.39, 0.29) is 18.6 Å². The Morgan fingerprint density at radius 2 is 2.40 bits per heavy atom. The standard InChI is InChI=1S/C14H20FN3O2/c1-10-8-18(5-2-6-20-10)9-14(19)17-13-7-11(15)3-4-12(13)16/h3-4,7,10H,2,5-6,8-9,16H2,1H3,(H,17,19). The van der Waals surface area contributed by atoms with Gasteiger partial charge in [-0.15, -0.1) is 0 Å². The van der Waals surface area contributed by atoms with Crippen LogP contribution in [0.15, 0.2) is 18.2 Å². The first-order valence-electron chi connectivity index (χ1n) is 6.73. The van der Waals surface area contributed by atoms with Gasteiger partial charge < -0.3 is 15.8 Å². The third kappa shape index (κ3) is 4.18. The average Bonchev–Trinajstić information content (AvgIpc) is 2.58. The Bertz CT molecular complexity index is 481. The SMILES string of the molecule is CC1CN(CC(=O)Nc2cc(F)ccc2N)CCCO1. The second kappa shape index (κ2) is 6.67. The zero-order valence-electron chi connectivity index (χ0n) is 11.6. The third-order valence-electron chi connectivity index (χ3n) is 3.19. The number of carbonyl (C=O) groups excluding carboxylic acids is 1. The number of anilines is 2. The van der Waals surface area contributed by atoms with Crippen LogP contribution in [0, 0.1) is 5.82 Å². The van der Waals surface area contributed by atoms with Gasteiger partial charge in [0.15, 0.2) is 0 Å². The molecule has 1 aromatic carbocycles. The molecule has 1 atom stereocenters. The van der Waals surface area contributed by atoms with Gasteiger partial charge >= 0.3 is 0 Å². The Labute approximate surface area is 117 Å². The lowest BCUT2D eigenvalue weighted by molar-refractivity contribution is -0.117. The van der Waals surface area contributed by atoms with Crippen molar-refractivity contribution >= 4 is 17.3 Å². The summed E-state index contributed by atoms with van der Waals surface area (Å²) in [7, 11) is 0. The fraction of sp³-hybridized carbons (Fsp3) is 0.500. The summed E-state index contributed by atoms with van der Waals surface area (Å²) in [5, 5.41) is 2.65. The van der Waals surface area contributed by atoms with E-state index >= 15 is 0 Å². The molecule has 0 aliphatic carbocycles. The van der Waals surface area contributed by atoms with Crippen molar-refractivity contribution in [1.29, 1.82) is 0 Å². The Balaban J connectivity index is 1.93. The molecule has 3 N–H and O–H groups in total. The van der Waals surface area contributed by atoms with E-state index in [2.05, 4.69) is 5.32 Å². The highest BCUT2D eigenvalue weighted by Crippen LogP contribution is 2.19. The van der Waals surface area contributed by atoms with Crippen molar-refractivity contribution < 1.29 is 13.9 Å². The highest BCUT2D eigenvalue weighted by atomic mass is 19.1. The summed E-state index contributed by atoms with van der Waals surface area (Å²) in [5.41, 5.74) is 6.37. The van der Waals surface area contributed by atoms with Gasteiger partial charge in [-0.05, 0) is 31.5 Å². The van der Waals surface area contributed by atoms with E-state index in [0.717, 1.165) is 19.6 Å². The minimum Gasteiger partial charge on any atom is -0.397 e. The summed E-state index contributed by atoms with van der Waals surface area (Å²) >= 11 is 0. The van der Waals surface area contributed by atoms with Crippen LogP contribution < -0.4 is 11.1 Å². The van der Waals surface area contributed by atoms with Gasteiger partial charge in [0.1, 0.15) is 5.82 Å². The first kappa shape index (κ1) is 14.7. The summed E-state index contributed by atoms with van der Waals surface area (Å²) in [6.45, 7) is 4.49. The number of amides is 1. The van der Waals surface area contributed by atoms with Crippen molar-refractivity contribution in [2.75, 3.05) is 37.3 Å². The molecule has 0 aromatic heterocycles. The molecule has 0 radical (unpaired) electrons. The highest BCUT2D eigenvalue weighted by Gasteiger charge is 2.18. The molecule has 0 spiro atoms. The van der Waals surface area contributed by atoms with Gasteiger partial charge in [-0.1, -0.05) is 0 Å². The average molecular weight is 281 g/mol. The van der Waals surface area contributed by atoms with E-state index in [1.165, 1.54) is 18.2 Å². The molecule has 5 nitrogen and oxygen atoms in total. The number of nitrogens with zero attached hydrogens (tertiary/aromatic N) is 1. The number of nitrogen functional groups attached to an aromatic ring is 1. The highest BCUT2D eigenvalue weighted by molar-refractivity contribution is 5.95. The predicted molar refractivity (Wildman–Crippen MR) is 75.9 cm³/mol. The molecule has 1 saturated heterocycles. The summed E-state index contributed by atoms with van der Waals surface area (Å²) in [6.07, 6.45) is 1.02. The number of hydrogen-bond acceptors (Lipinski definition) is 4. The van der Waals surface area contributed by atoms with Crippen LogP contribution in [0.2, 0.25) is 0 Å². The van der Waals surface area contributed by atoms with E-state index in [1.807, 2.05) is 11.8 Å². The summed E-state index contributed by atoms with van der Waals surface area (Å²) in [5.74, 6) is -0.623. The van der Waals surface area contributed by atoms with Crippen LogP contribution in [0.1, 0.15) is 13.3 Å². The molecular weight excluding hydrogens is 261 g/mol. The van der Waals surface area contributed by atoms with Gasteiger partial charge in [-0.25, -0.2) is 4.39 Å². The number of nitrogens with two attached hydrogens (primary N) is 1. The lowest BCUT2D eigenvalue weighted by Gasteiger charge is -2.21. The maximum absolute atomic E-state index is 13.1. The molecule has 1 aliphatic heterocycles. The normalized spacial score (nSPS) is 20.4. The van der Waals surface area contributed by atoms with Gasteiger partial charge in [-0.3, -0.25) is 9.69 Å². The van der Waals surface area contributed by atoms with Gasteiger partial charge in [-0.2, -0.15) is 0 Å². The van der Waals surface area contributed by atoms with Crippen molar-refractivity contribution in [3.05, 3.63) is 24.0 Å². The zero-order chi connectivity index (χ0) is 14.5. The molecule has 1 amide bonds. The molecule has 1 aromatic rings. The topological polar surface area (TPSA) is 67.6 Å². The number of halogens is 1. The molecule has 0 bridgehead atoms. The Morgan fingerprint density at radius 1 is 1.60 bits per heavy atom. The zero-order valence-corrected chi connectivity index (χ0v) is 11.6. The van der Waals surface area contributed by atoms with E-state index in [1.54, 1.807) is 0 Å². The van der Waals surface area contributed by atoms with Gasteiger partial charge in [0.25, 0.3) is 0 Å². The maximum Gasteiger partial charge on any atom is 0.238 e. The number of nitrogens with one attached hydrogen (secondary N) is 1. The molecular formula is C14H20FN3O2. The smallest absolute Gasteiger partial charge is 0.238 e. The number of hydrogen-bond donors (Lipinski definition) is 2. The van der Waals surface area contributed by atoms with Crippen LogP contribution in [-0.2, 0) is 9.53 Å². The summed E-state index contributed by atoms with van der Waals surface area (Å²) in [6, 6.07) is 3.92. The van der Waals surface area contributed by atoms with Crippen LogP contribution in [0.4, 0.5) is 15.8 Å². The van der Waals surface area contributed by atoms with Crippen LogP contribution >= 0.6 is 0 Å². The largest absolute Gasteiger partial charge is 0.397 e. The van der Waals surface area contributed by atoms with E-state index in [0.29, 0.717) is 17.9 Å². The van der Waals surface area contributed by atoms with Gasteiger partial charge in [0.2, 0.25) is 5.91 Å².